The van der Waals surface area contributed by atoms with Crippen molar-refractivity contribution in [3.8, 4) is 11.5 Å². The smallest absolute Gasteiger partial charge is 0.124 e. The van der Waals surface area contributed by atoms with Crippen LogP contribution in [0.1, 0.15) is 19.4 Å². The lowest BCUT2D eigenvalue weighted by atomic mass is 10.2. The molecule has 1 heterocycles. The molecule has 1 aliphatic rings. The molecular formula is C18H29NO5. The van der Waals surface area contributed by atoms with Gasteiger partial charge in [0.2, 0.25) is 0 Å². The first kappa shape index (κ1) is 19.0. The van der Waals surface area contributed by atoms with Crippen LogP contribution in [0.15, 0.2) is 18.2 Å². The summed E-state index contributed by atoms with van der Waals surface area (Å²) < 4.78 is 21.9. The fourth-order valence-corrected chi connectivity index (χ4v) is 3.08. The maximum atomic E-state index is 10.2. The molecule has 6 nitrogen and oxygen atoms in total. The molecule has 2 rings (SSSR count). The lowest BCUT2D eigenvalue weighted by Gasteiger charge is -2.36. The van der Waals surface area contributed by atoms with Crippen LogP contribution in [-0.4, -0.2) is 68.8 Å². The number of morpholine rings is 1. The van der Waals surface area contributed by atoms with E-state index in [0.29, 0.717) is 13.2 Å². The average Bonchev–Trinajstić information content (AvgIpc) is 2.53. The van der Waals surface area contributed by atoms with Gasteiger partial charge in [0.05, 0.1) is 45.7 Å². The summed E-state index contributed by atoms with van der Waals surface area (Å²) in [5, 5.41) is 10.2. The van der Waals surface area contributed by atoms with Crippen molar-refractivity contribution in [3.63, 3.8) is 0 Å². The summed E-state index contributed by atoms with van der Waals surface area (Å²) in [7, 11) is 3.25. The minimum atomic E-state index is -0.529. The highest BCUT2D eigenvalue weighted by Gasteiger charge is 2.23. The topological polar surface area (TPSA) is 60.4 Å². The summed E-state index contributed by atoms with van der Waals surface area (Å²) in [6, 6.07) is 5.58. The van der Waals surface area contributed by atoms with Crippen molar-refractivity contribution in [2.45, 2.75) is 38.8 Å². The van der Waals surface area contributed by atoms with Crippen LogP contribution in [-0.2, 0) is 16.1 Å². The van der Waals surface area contributed by atoms with Crippen molar-refractivity contribution in [2.75, 3.05) is 40.5 Å². The van der Waals surface area contributed by atoms with Crippen molar-refractivity contribution < 1.29 is 24.1 Å². The van der Waals surface area contributed by atoms with Gasteiger partial charge in [0, 0.05) is 25.2 Å². The van der Waals surface area contributed by atoms with Gasteiger partial charge >= 0.3 is 0 Å². The number of nitrogens with zero attached hydrogens (tertiary/aromatic N) is 1. The van der Waals surface area contributed by atoms with E-state index in [2.05, 4.69) is 18.7 Å². The van der Waals surface area contributed by atoms with Crippen molar-refractivity contribution >= 4 is 0 Å². The molecule has 0 radical (unpaired) electrons. The molecular weight excluding hydrogens is 310 g/mol. The van der Waals surface area contributed by atoms with Gasteiger partial charge in [-0.05, 0) is 32.0 Å². The molecule has 0 saturated carbocycles. The number of rotatable bonds is 8. The van der Waals surface area contributed by atoms with Crippen molar-refractivity contribution in [2.24, 2.45) is 0 Å². The molecule has 1 aliphatic heterocycles. The minimum absolute atomic E-state index is 0.197. The van der Waals surface area contributed by atoms with Crippen LogP contribution in [0.4, 0.5) is 0 Å². The SMILES string of the molecule is COc1ccc(OC)c(COC[C@@H](O)CN2C[C@@H](C)O[C@@H](C)C2)c1. The molecule has 136 valence electrons. The zero-order valence-electron chi connectivity index (χ0n) is 15.0. The summed E-state index contributed by atoms with van der Waals surface area (Å²) >= 11 is 0. The Morgan fingerprint density at radius 3 is 2.54 bits per heavy atom. The van der Waals surface area contributed by atoms with Crippen LogP contribution < -0.4 is 9.47 Å². The third-order valence-electron chi connectivity index (χ3n) is 4.02. The predicted octanol–water partition coefficient (Wildman–Crippen LogP) is 1.69. The first-order valence-corrected chi connectivity index (χ1v) is 8.36. The second-order valence-electron chi connectivity index (χ2n) is 6.32. The van der Waals surface area contributed by atoms with Gasteiger partial charge in [0.1, 0.15) is 11.5 Å². The van der Waals surface area contributed by atoms with Crippen LogP contribution in [0, 0.1) is 0 Å². The lowest BCUT2D eigenvalue weighted by Crippen LogP contribution is -2.48. The van der Waals surface area contributed by atoms with E-state index in [1.807, 2.05) is 18.2 Å². The summed E-state index contributed by atoms with van der Waals surface area (Å²) in [6.07, 6.45) is -0.134. The minimum Gasteiger partial charge on any atom is -0.497 e. The molecule has 1 saturated heterocycles. The van der Waals surface area contributed by atoms with Crippen molar-refractivity contribution in [1.29, 1.82) is 0 Å². The fourth-order valence-electron chi connectivity index (χ4n) is 3.08. The van der Waals surface area contributed by atoms with E-state index in [1.165, 1.54) is 0 Å². The van der Waals surface area contributed by atoms with Crippen molar-refractivity contribution in [1.82, 2.24) is 4.90 Å². The van der Waals surface area contributed by atoms with Crippen LogP contribution in [0.2, 0.25) is 0 Å². The zero-order chi connectivity index (χ0) is 17.5. The van der Waals surface area contributed by atoms with Gasteiger partial charge in [-0.3, -0.25) is 4.90 Å². The molecule has 3 atom stereocenters. The Morgan fingerprint density at radius 2 is 1.92 bits per heavy atom. The Balaban J connectivity index is 1.79. The highest BCUT2D eigenvalue weighted by molar-refractivity contribution is 5.39. The van der Waals surface area contributed by atoms with E-state index < -0.39 is 6.10 Å². The van der Waals surface area contributed by atoms with E-state index >= 15 is 0 Å². The summed E-state index contributed by atoms with van der Waals surface area (Å²) in [5.41, 5.74) is 0.901. The van der Waals surface area contributed by atoms with E-state index in [1.54, 1.807) is 14.2 Å². The Morgan fingerprint density at radius 1 is 1.21 bits per heavy atom. The highest BCUT2D eigenvalue weighted by atomic mass is 16.5. The molecule has 0 bridgehead atoms. The third kappa shape index (κ3) is 5.63. The van der Waals surface area contributed by atoms with Crippen LogP contribution in [0.3, 0.4) is 0 Å². The van der Waals surface area contributed by atoms with E-state index in [4.69, 9.17) is 18.9 Å². The average molecular weight is 339 g/mol. The predicted molar refractivity (Wildman–Crippen MR) is 91.7 cm³/mol. The number of aliphatic hydroxyl groups excluding tert-OH is 1. The van der Waals surface area contributed by atoms with Crippen molar-refractivity contribution in [3.05, 3.63) is 23.8 Å². The van der Waals surface area contributed by atoms with Gasteiger partial charge in [0.25, 0.3) is 0 Å². The summed E-state index contributed by atoms with van der Waals surface area (Å²) in [4.78, 5) is 2.22. The van der Waals surface area contributed by atoms with Gasteiger partial charge in [-0.15, -0.1) is 0 Å². The Bertz CT molecular complexity index is 500. The molecule has 0 spiro atoms. The molecule has 0 aliphatic carbocycles. The number of β-amino-alcohol motifs (C(OH)–C–C–N with tert-alkyl or cyclic N) is 1. The van der Waals surface area contributed by atoms with E-state index in [0.717, 1.165) is 30.2 Å². The molecule has 1 fully saturated rings. The second-order valence-corrected chi connectivity index (χ2v) is 6.32. The zero-order valence-corrected chi connectivity index (χ0v) is 15.0. The Hall–Kier alpha value is -1.34. The molecule has 0 aromatic heterocycles. The van der Waals surface area contributed by atoms with Gasteiger partial charge in [-0.2, -0.15) is 0 Å². The van der Waals surface area contributed by atoms with Crippen LogP contribution >= 0.6 is 0 Å². The second kappa shape index (κ2) is 9.22. The number of hydrogen-bond donors (Lipinski definition) is 1. The number of methoxy groups -OCH3 is 2. The Labute approximate surface area is 144 Å². The molecule has 24 heavy (non-hydrogen) atoms. The van der Waals surface area contributed by atoms with Gasteiger partial charge in [-0.1, -0.05) is 0 Å². The molecule has 1 N–H and O–H groups in total. The number of benzene rings is 1. The maximum absolute atomic E-state index is 10.2. The van der Waals surface area contributed by atoms with E-state index in [9.17, 15) is 5.11 Å². The molecule has 0 unspecified atom stereocenters. The number of aliphatic hydroxyl groups is 1. The van der Waals surface area contributed by atoms with Gasteiger partial charge < -0.3 is 24.1 Å². The summed E-state index contributed by atoms with van der Waals surface area (Å²) in [6.45, 7) is 7.03. The molecule has 1 aromatic carbocycles. The highest BCUT2D eigenvalue weighted by Crippen LogP contribution is 2.24. The Kier molecular flexibility index (Phi) is 7.30. The maximum Gasteiger partial charge on any atom is 0.124 e. The third-order valence-corrected chi connectivity index (χ3v) is 4.02. The first-order valence-electron chi connectivity index (χ1n) is 8.36. The quantitative estimate of drug-likeness (QED) is 0.778. The number of ether oxygens (including phenoxy) is 4. The largest absolute Gasteiger partial charge is 0.497 e. The van der Waals surface area contributed by atoms with Gasteiger partial charge in [0.15, 0.2) is 0 Å². The number of hydrogen-bond acceptors (Lipinski definition) is 6. The first-order chi connectivity index (χ1) is 11.5. The molecule has 0 amide bonds. The monoisotopic (exact) mass is 339 g/mol. The summed E-state index contributed by atoms with van der Waals surface area (Å²) in [5.74, 6) is 1.51. The standard InChI is InChI=1S/C18H29NO5/c1-13-8-19(9-14(2)24-13)10-16(20)12-23-11-15-7-17(21-3)5-6-18(15)22-4/h5-7,13-14,16,20H,8-12H2,1-4H3/t13-,14+,16-/m0/s1. The lowest BCUT2D eigenvalue weighted by molar-refractivity contribution is -0.0826. The normalized spacial score (nSPS) is 23.0. The van der Waals surface area contributed by atoms with Crippen LogP contribution in [0.25, 0.3) is 0 Å². The fraction of sp³-hybridized carbons (Fsp3) is 0.667. The molecule has 6 heteroatoms. The van der Waals surface area contributed by atoms with Gasteiger partial charge in [-0.25, -0.2) is 0 Å². The van der Waals surface area contributed by atoms with E-state index in [-0.39, 0.29) is 18.8 Å². The molecule has 1 aromatic rings. The van der Waals surface area contributed by atoms with Crippen LogP contribution in [0.5, 0.6) is 11.5 Å².